The van der Waals surface area contributed by atoms with Gasteiger partial charge in [-0.3, -0.25) is 9.78 Å². The third-order valence-electron chi connectivity index (χ3n) is 5.71. The Kier molecular flexibility index (Phi) is 6.45. The molecular formula is C24H23FN6O2. The molecule has 1 fully saturated rings. The quantitative estimate of drug-likeness (QED) is 0.618. The Balaban J connectivity index is 1.54. The summed E-state index contributed by atoms with van der Waals surface area (Å²) < 4.78 is 20.9. The summed E-state index contributed by atoms with van der Waals surface area (Å²) in [6.45, 7) is 2.42. The van der Waals surface area contributed by atoms with Gasteiger partial charge in [-0.1, -0.05) is 6.07 Å². The highest BCUT2D eigenvalue weighted by molar-refractivity contribution is 5.93. The summed E-state index contributed by atoms with van der Waals surface area (Å²) in [5.41, 5.74) is 8.46. The van der Waals surface area contributed by atoms with Gasteiger partial charge in [0.2, 0.25) is 0 Å². The second kappa shape index (κ2) is 9.61. The maximum absolute atomic E-state index is 15.1. The molecule has 2 N–H and O–H groups in total. The van der Waals surface area contributed by atoms with Gasteiger partial charge in [0.05, 0.1) is 18.2 Å². The molecule has 3 heterocycles. The van der Waals surface area contributed by atoms with Crippen LogP contribution in [0.5, 0.6) is 5.75 Å². The lowest BCUT2D eigenvalue weighted by Gasteiger charge is -2.36. The molecule has 1 aliphatic rings. The van der Waals surface area contributed by atoms with E-state index in [0.29, 0.717) is 42.1 Å². The number of pyridine rings is 1. The van der Waals surface area contributed by atoms with Gasteiger partial charge in [0.1, 0.15) is 11.9 Å². The fraction of sp³-hybridized carbons (Fsp3) is 0.292. The van der Waals surface area contributed by atoms with Crippen molar-refractivity contribution in [2.45, 2.75) is 32.0 Å². The van der Waals surface area contributed by atoms with Gasteiger partial charge in [-0.2, -0.15) is 5.26 Å². The van der Waals surface area contributed by atoms with Crippen molar-refractivity contribution in [3.8, 4) is 11.8 Å². The molecule has 9 heteroatoms. The van der Waals surface area contributed by atoms with Crippen LogP contribution in [0.25, 0.3) is 0 Å². The predicted octanol–water partition coefficient (Wildman–Crippen LogP) is 2.74. The number of nitrogens with two attached hydrogens (primary N) is 1. The molecule has 168 valence electrons. The number of aromatic nitrogens is 3. The van der Waals surface area contributed by atoms with Crippen LogP contribution in [-0.4, -0.2) is 46.5 Å². The van der Waals surface area contributed by atoms with Gasteiger partial charge >= 0.3 is 0 Å². The molecule has 1 amide bonds. The SMILES string of the molecule is Cc1c(N2CC[C@@H](Oc3cccc(C#N)c3)[C@@H](F)C2)nnc(C(N)=O)c1Cc1ccncc1. The second-order valence-electron chi connectivity index (χ2n) is 7.92. The highest BCUT2D eigenvalue weighted by Crippen LogP contribution is 2.29. The molecule has 33 heavy (non-hydrogen) atoms. The number of hydrogen-bond acceptors (Lipinski definition) is 7. The average Bonchev–Trinajstić information content (AvgIpc) is 2.82. The summed E-state index contributed by atoms with van der Waals surface area (Å²) in [6, 6.07) is 12.4. The van der Waals surface area contributed by atoms with Gasteiger partial charge in [-0.25, -0.2) is 4.39 Å². The van der Waals surface area contributed by atoms with Crippen molar-refractivity contribution in [3.05, 3.63) is 76.7 Å². The van der Waals surface area contributed by atoms with E-state index < -0.39 is 18.2 Å². The van der Waals surface area contributed by atoms with Crippen LogP contribution < -0.4 is 15.4 Å². The summed E-state index contributed by atoms with van der Waals surface area (Å²) in [6.07, 6.45) is 2.30. The molecule has 0 radical (unpaired) electrons. The number of carbonyl (C=O) groups excluding carboxylic acids is 1. The van der Waals surface area contributed by atoms with Crippen LogP contribution in [0, 0.1) is 18.3 Å². The fourth-order valence-corrected chi connectivity index (χ4v) is 3.99. The number of carbonyl (C=O) groups is 1. The lowest BCUT2D eigenvalue weighted by atomic mass is 9.98. The maximum Gasteiger partial charge on any atom is 0.269 e. The summed E-state index contributed by atoms with van der Waals surface area (Å²) in [7, 11) is 0. The maximum atomic E-state index is 15.1. The predicted molar refractivity (Wildman–Crippen MR) is 120 cm³/mol. The van der Waals surface area contributed by atoms with E-state index in [1.807, 2.05) is 24.0 Å². The minimum absolute atomic E-state index is 0.0722. The number of primary amides is 1. The van der Waals surface area contributed by atoms with E-state index in [4.69, 9.17) is 15.7 Å². The van der Waals surface area contributed by atoms with Crippen LogP contribution in [0.3, 0.4) is 0 Å². The number of halogens is 1. The van der Waals surface area contributed by atoms with Gasteiger partial charge in [-0.15, -0.1) is 10.2 Å². The van der Waals surface area contributed by atoms with E-state index in [2.05, 4.69) is 21.3 Å². The van der Waals surface area contributed by atoms with Crippen LogP contribution in [0.15, 0.2) is 48.8 Å². The number of amides is 1. The third-order valence-corrected chi connectivity index (χ3v) is 5.71. The first-order chi connectivity index (χ1) is 16.0. The Morgan fingerprint density at radius 3 is 2.79 bits per heavy atom. The summed E-state index contributed by atoms with van der Waals surface area (Å²) >= 11 is 0. The van der Waals surface area contributed by atoms with Crippen molar-refractivity contribution in [2.75, 3.05) is 18.0 Å². The lowest BCUT2D eigenvalue weighted by Crippen LogP contribution is -2.47. The van der Waals surface area contributed by atoms with Gasteiger partial charge in [0, 0.05) is 31.8 Å². The molecule has 1 aliphatic heterocycles. The van der Waals surface area contributed by atoms with E-state index >= 15 is 4.39 Å². The smallest absolute Gasteiger partial charge is 0.269 e. The fourth-order valence-electron chi connectivity index (χ4n) is 3.99. The van der Waals surface area contributed by atoms with Gasteiger partial charge in [0.25, 0.3) is 5.91 Å². The molecule has 0 saturated carbocycles. The largest absolute Gasteiger partial charge is 0.487 e. The number of anilines is 1. The standard InChI is InChI=1S/C24H23FN6O2/c1-15-19(12-16-5-8-28-9-6-16)22(23(27)32)29-30-24(15)31-10-7-21(20(25)14-31)33-18-4-2-3-17(11-18)13-26/h2-6,8-9,11,20-21H,7,10,12,14H2,1H3,(H2,27,32)/t20-,21+/m0/s1. The molecule has 0 unspecified atom stereocenters. The summed E-state index contributed by atoms with van der Waals surface area (Å²) in [5, 5.41) is 17.3. The molecule has 1 aromatic carbocycles. The van der Waals surface area contributed by atoms with Crippen LogP contribution in [0.1, 0.15) is 39.2 Å². The minimum Gasteiger partial charge on any atom is -0.487 e. The normalized spacial score (nSPS) is 17.9. The molecule has 2 atom stereocenters. The molecule has 0 spiro atoms. The van der Waals surface area contributed by atoms with E-state index in [-0.39, 0.29) is 12.2 Å². The van der Waals surface area contributed by atoms with Crippen molar-refractivity contribution in [1.82, 2.24) is 15.2 Å². The Hall–Kier alpha value is -4.06. The minimum atomic E-state index is -1.27. The number of hydrogen-bond donors (Lipinski definition) is 1. The number of alkyl halides is 1. The molecule has 4 rings (SSSR count). The number of benzene rings is 1. The molecule has 0 bridgehead atoms. The van der Waals surface area contributed by atoms with Crippen molar-refractivity contribution in [3.63, 3.8) is 0 Å². The number of rotatable bonds is 6. The lowest BCUT2D eigenvalue weighted by molar-refractivity contribution is 0.0818. The van der Waals surface area contributed by atoms with Crippen molar-refractivity contribution in [2.24, 2.45) is 5.73 Å². The van der Waals surface area contributed by atoms with Gasteiger partial charge in [0.15, 0.2) is 17.7 Å². The molecular weight excluding hydrogens is 423 g/mol. The number of nitrogens with zero attached hydrogens (tertiary/aromatic N) is 5. The average molecular weight is 446 g/mol. The highest BCUT2D eigenvalue weighted by Gasteiger charge is 2.33. The zero-order chi connectivity index (χ0) is 23.4. The highest BCUT2D eigenvalue weighted by atomic mass is 19.1. The van der Waals surface area contributed by atoms with Crippen LogP contribution >= 0.6 is 0 Å². The Morgan fingerprint density at radius 1 is 1.30 bits per heavy atom. The molecule has 8 nitrogen and oxygen atoms in total. The molecule has 0 aliphatic carbocycles. The Morgan fingerprint density at radius 2 is 2.09 bits per heavy atom. The van der Waals surface area contributed by atoms with Crippen molar-refractivity contribution < 1.29 is 13.9 Å². The van der Waals surface area contributed by atoms with E-state index in [1.54, 1.807) is 36.7 Å². The molecule has 1 saturated heterocycles. The first kappa shape index (κ1) is 22.1. The van der Waals surface area contributed by atoms with E-state index in [0.717, 1.165) is 11.1 Å². The molecule has 3 aromatic rings. The topological polar surface area (TPSA) is 118 Å². The number of ether oxygens (including phenoxy) is 1. The van der Waals surface area contributed by atoms with Crippen LogP contribution in [-0.2, 0) is 6.42 Å². The van der Waals surface area contributed by atoms with E-state index in [1.165, 1.54) is 0 Å². The van der Waals surface area contributed by atoms with Crippen LogP contribution in [0.2, 0.25) is 0 Å². The molecule has 2 aromatic heterocycles. The van der Waals surface area contributed by atoms with Gasteiger partial charge in [-0.05, 0) is 53.9 Å². The van der Waals surface area contributed by atoms with E-state index in [9.17, 15) is 4.79 Å². The second-order valence-corrected chi connectivity index (χ2v) is 7.92. The van der Waals surface area contributed by atoms with Gasteiger partial charge < -0.3 is 15.4 Å². The summed E-state index contributed by atoms with van der Waals surface area (Å²) in [4.78, 5) is 17.8. The number of nitriles is 1. The zero-order valence-corrected chi connectivity index (χ0v) is 18.1. The third kappa shape index (κ3) is 4.90. The van der Waals surface area contributed by atoms with Crippen molar-refractivity contribution in [1.29, 1.82) is 5.26 Å². The monoisotopic (exact) mass is 446 g/mol. The number of piperidine rings is 1. The summed E-state index contributed by atoms with van der Waals surface area (Å²) in [5.74, 6) is 0.337. The van der Waals surface area contributed by atoms with Crippen LogP contribution in [0.4, 0.5) is 10.2 Å². The zero-order valence-electron chi connectivity index (χ0n) is 18.1. The Labute approximate surface area is 190 Å². The first-order valence-electron chi connectivity index (χ1n) is 10.6. The first-order valence-corrected chi connectivity index (χ1v) is 10.6. The Bertz CT molecular complexity index is 1200. The van der Waals surface area contributed by atoms with Crippen molar-refractivity contribution >= 4 is 11.7 Å².